The van der Waals surface area contributed by atoms with Crippen molar-refractivity contribution in [2.24, 2.45) is 4.99 Å². The molecular formula is C14H17NO10S. The first-order valence-corrected chi connectivity index (χ1v) is 7.20. The van der Waals surface area contributed by atoms with E-state index in [4.69, 9.17) is 0 Å². The molecule has 0 aromatic rings. The summed E-state index contributed by atoms with van der Waals surface area (Å²) in [4.78, 5) is 62.5. The molecule has 12 heteroatoms. The number of rotatable bonds is 8. The van der Waals surface area contributed by atoms with Crippen molar-refractivity contribution in [2.45, 2.75) is 43.7 Å². The fraction of sp³-hybridized carbons (Fsp3) is 0.571. The van der Waals surface area contributed by atoms with E-state index in [1.54, 1.807) is 0 Å². The number of aliphatic hydroxyl groups is 4. The molecule has 0 aliphatic rings. The summed E-state index contributed by atoms with van der Waals surface area (Å²) in [6.45, 7) is 1.53. The number of aliphatic imine (C=N–C) groups is 1. The minimum atomic E-state index is -4.03. The Kier molecular flexibility index (Phi) is 7.32. The van der Waals surface area contributed by atoms with Gasteiger partial charge in [0.15, 0.2) is 29.1 Å². The number of esters is 1. The molecule has 4 atom stereocenters. The van der Waals surface area contributed by atoms with Gasteiger partial charge < -0.3 is 25.2 Å². The van der Waals surface area contributed by atoms with Crippen LogP contribution in [0.2, 0.25) is 0 Å². The van der Waals surface area contributed by atoms with Crippen LogP contribution in [0, 0.1) is 0 Å². The van der Waals surface area contributed by atoms with Crippen LogP contribution in [0.4, 0.5) is 0 Å². The van der Waals surface area contributed by atoms with Crippen LogP contribution in [-0.4, -0.2) is 84.8 Å². The summed E-state index contributed by atoms with van der Waals surface area (Å²) in [6.07, 6.45) is -2.96. The van der Waals surface area contributed by atoms with E-state index in [-0.39, 0.29) is 0 Å². The van der Waals surface area contributed by atoms with Crippen LogP contribution in [0.25, 0.3) is 0 Å². The summed E-state index contributed by atoms with van der Waals surface area (Å²) in [6, 6.07) is 0. The summed E-state index contributed by atoms with van der Waals surface area (Å²) < 4.78 is 4.14. The van der Waals surface area contributed by atoms with Crippen LogP contribution in [0.3, 0.4) is 0 Å². The van der Waals surface area contributed by atoms with Crippen molar-refractivity contribution in [3.05, 3.63) is 0 Å². The van der Waals surface area contributed by atoms with Gasteiger partial charge in [-0.05, 0) is 33.0 Å². The Balaban J connectivity index is 7.24. The van der Waals surface area contributed by atoms with Crippen LogP contribution in [0.1, 0.15) is 20.8 Å². The summed E-state index contributed by atoms with van der Waals surface area (Å²) in [7, 11) is 0.734. The highest BCUT2D eigenvalue weighted by atomic mass is 32.1. The topological polar surface area (TPSA) is 188 Å². The Hall–Kier alpha value is -2.21. The lowest BCUT2D eigenvalue weighted by atomic mass is 9.62. The van der Waals surface area contributed by atoms with Crippen LogP contribution in [0.15, 0.2) is 4.99 Å². The standard InChI is InChI=1S/C14H17NO10S/c1-6(16)12(22,9(19)10(20)25-4)14(24,8(3)18)13(23,7(2)17)11(21)15-5-26/h9,19,22-24H,1-4H3/t9-,12-,13+,14+/m1/s1. The quantitative estimate of drug-likeness (QED) is 0.144. The average molecular weight is 391 g/mol. The zero-order valence-electron chi connectivity index (χ0n) is 14.2. The van der Waals surface area contributed by atoms with Crippen molar-refractivity contribution in [3.8, 4) is 0 Å². The molecule has 144 valence electrons. The second-order valence-electron chi connectivity index (χ2n) is 5.29. The molecule has 1 amide bonds. The fourth-order valence-electron chi connectivity index (χ4n) is 2.41. The van der Waals surface area contributed by atoms with E-state index in [1.165, 1.54) is 5.16 Å². The third kappa shape index (κ3) is 3.14. The first kappa shape index (κ1) is 23.8. The Morgan fingerprint density at radius 1 is 1.00 bits per heavy atom. The van der Waals surface area contributed by atoms with Crippen LogP contribution in [0.5, 0.6) is 0 Å². The van der Waals surface area contributed by atoms with Crippen molar-refractivity contribution in [1.82, 2.24) is 0 Å². The number of hydrogen-bond donors (Lipinski definition) is 4. The number of ether oxygens (including phenoxy) is 1. The largest absolute Gasteiger partial charge is 0.467 e. The molecule has 0 radical (unpaired) electrons. The minimum absolute atomic E-state index is 0.486. The normalized spacial score (nSPS) is 18.8. The Bertz CT molecular complexity index is 715. The number of isothiocyanates is 1. The van der Waals surface area contributed by atoms with E-state index in [0.29, 0.717) is 20.8 Å². The van der Waals surface area contributed by atoms with E-state index < -0.39 is 52.1 Å². The van der Waals surface area contributed by atoms with Crippen LogP contribution in [-0.2, 0) is 28.7 Å². The van der Waals surface area contributed by atoms with Gasteiger partial charge in [-0.25, -0.2) is 4.79 Å². The van der Waals surface area contributed by atoms with E-state index in [2.05, 4.69) is 21.9 Å². The lowest BCUT2D eigenvalue weighted by Gasteiger charge is -2.47. The maximum atomic E-state index is 12.1. The molecule has 0 saturated heterocycles. The Morgan fingerprint density at radius 3 is 1.73 bits per heavy atom. The second kappa shape index (κ2) is 7.99. The van der Waals surface area contributed by atoms with Crippen LogP contribution < -0.4 is 0 Å². The molecule has 4 N–H and O–H groups in total. The zero-order valence-corrected chi connectivity index (χ0v) is 15.0. The first-order chi connectivity index (χ1) is 11.7. The van der Waals surface area contributed by atoms with Crippen molar-refractivity contribution in [2.75, 3.05) is 7.11 Å². The highest BCUT2D eigenvalue weighted by Crippen LogP contribution is 2.39. The Morgan fingerprint density at radius 2 is 1.46 bits per heavy atom. The SMILES string of the molecule is COC(=O)[C@@H](O)[C@](O)(C(C)=O)[C@@](O)(C(C)=O)[C@](O)(C(C)=O)C(=O)N=C=S. The molecule has 0 heterocycles. The van der Waals surface area contributed by atoms with Gasteiger partial charge in [0, 0.05) is 0 Å². The molecule has 0 aromatic heterocycles. The average Bonchev–Trinajstić information content (AvgIpc) is 2.57. The van der Waals surface area contributed by atoms with Gasteiger partial charge in [-0.3, -0.25) is 19.2 Å². The van der Waals surface area contributed by atoms with Crippen molar-refractivity contribution in [3.63, 3.8) is 0 Å². The number of thiocarbonyl (C=S) groups is 1. The molecule has 0 saturated carbocycles. The molecule has 0 aliphatic heterocycles. The third-order valence-corrected chi connectivity index (χ3v) is 4.00. The highest BCUT2D eigenvalue weighted by Gasteiger charge is 2.75. The number of Topliss-reactive ketones (excluding diaryl/α,β-unsaturated/α-hetero) is 3. The molecule has 0 aliphatic carbocycles. The number of amides is 1. The predicted molar refractivity (Wildman–Crippen MR) is 84.9 cm³/mol. The smallest absolute Gasteiger partial charge is 0.338 e. The predicted octanol–water partition coefficient (Wildman–Crippen LogP) is -2.89. The van der Waals surface area contributed by atoms with Gasteiger partial charge in [0.05, 0.1) is 12.3 Å². The van der Waals surface area contributed by atoms with Crippen molar-refractivity contribution in [1.29, 1.82) is 0 Å². The maximum Gasteiger partial charge on any atom is 0.338 e. The van der Waals surface area contributed by atoms with Crippen LogP contribution >= 0.6 is 12.2 Å². The minimum Gasteiger partial charge on any atom is -0.467 e. The number of ketones is 3. The van der Waals surface area contributed by atoms with E-state index in [1.807, 2.05) is 0 Å². The third-order valence-electron chi connectivity index (χ3n) is 3.91. The van der Waals surface area contributed by atoms with Gasteiger partial charge >= 0.3 is 5.97 Å². The number of hydrogen-bond acceptors (Lipinski definition) is 11. The highest BCUT2D eigenvalue weighted by molar-refractivity contribution is 7.78. The molecule has 26 heavy (non-hydrogen) atoms. The number of aliphatic hydroxyl groups excluding tert-OH is 1. The summed E-state index contributed by atoms with van der Waals surface area (Å²) >= 11 is 4.15. The monoisotopic (exact) mass is 391 g/mol. The number of nitrogens with zero attached hydrogens (tertiary/aromatic N) is 1. The zero-order chi connectivity index (χ0) is 21.1. The first-order valence-electron chi connectivity index (χ1n) is 6.79. The van der Waals surface area contributed by atoms with Gasteiger partial charge in [-0.2, -0.15) is 4.99 Å². The van der Waals surface area contributed by atoms with Crippen molar-refractivity contribution < 1.29 is 49.1 Å². The second-order valence-corrected chi connectivity index (χ2v) is 5.47. The molecule has 0 fully saturated rings. The fourth-order valence-corrected chi connectivity index (χ4v) is 2.49. The molecule has 0 rings (SSSR count). The van der Waals surface area contributed by atoms with E-state index in [0.717, 1.165) is 7.11 Å². The molecule has 0 unspecified atom stereocenters. The van der Waals surface area contributed by atoms with Gasteiger partial charge in [-0.15, -0.1) is 0 Å². The molecule has 0 spiro atoms. The summed E-state index contributed by atoms with van der Waals surface area (Å²) in [5.41, 5.74) is -11.8. The summed E-state index contributed by atoms with van der Waals surface area (Å²) in [5, 5.41) is 43.4. The number of methoxy groups -OCH3 is 1. The lowest BCUT2D eigenvalue weighted by molar-refractivity contribution is -0.245. The molecule has 0 bridgehead atoms. The number of carbonyl (C=O) groups is 5. The number of carbonyl (C=O) groups excluding carboxylic acids is 5. The maximum absolute atomic E-state index is 12.1. The Labute approximate surface area is 152 Å². The van der Waals surface area contributed by atoms with Crippen molar-refractivity contribution >= 4 is 46.6 Å². The molecule has 0 aromatic carbocycles. The van der Waals surface area contributed by atoms with Gasteiger partial charge in [0.25, 0.3) is 5.91 Å². The van der Waals surface area contributed by atoms with Gasteiger partial charge in [0.2, 0.25) is 11.2 Å². The van der Waals surface area contributed by atoms with E-state index in [9.17, 15) is 44.4 Å². The lowest BCUT2D eigenvalue weighted by Crippen LogP contribution is -2.81. The summed E-state index contributed by atoms with van der Waals surface area (Å²) in [5.74, 6) is -8.69. The molecular weight excluding hydrogens is 374 g/mol. The molecule has 11 nitrogen and oxygen atoms in total. The van der Waals surface area contributed by atoms with E-state index >= 15 is 0 Å². The van der Waals surface area contributed by atoms with Gasteiger partial charge in [-0.1, -0.05) is 0 Å². The van der Waals surface area contributed by atoms with Gasteiger partial charge in [0.1, 0.15) is 0 Å².